The minimum Gasteiger partial charge on any atom is -0.146 e. The van der Waals surface area contributed by atoms with E-state index in [1.165, 1.54) is 55.7 Å². The summed E-state index contributed by atoms with van der Waals surface area (Å²) in [5.74, 6) is 0. The predicted octanol–water partition coefficient (Wildman–Crippen LogP) is 8.74. The fourth-order valence-corrected chi connectivity index (χ4v) is 4.63. The molecule has 177 valence electrons. The van der Waals surface area contributed by atoms with E-state index in [2.05, 4.69) is 112 Å². The second-order valence-electron chi connectivity index (χ2n) is 9.23. The van der Waals surface area contributed by atoms with Crippen LogP contribution < -0.4 is 0 Å². The molecule has 2 aliphatic rings. The SMILES string of the molecule is CC1=Cc2c(-c3ccccc3)[c-]ccc2C1.CC1=Cc2c(-c3ccccc3)[c-]ccc2C1.C[SiH]C.[Zr+2]. The predicted molar refractivity (Wildman–Crippen MR) is 155 cm³/mol. The van der Waals surface area contributed by atoms with Crippen LogP contribution in [0.25, 0.3) is 34.4 Å². The molecule has 36 heavy (non-hydrogen) atoms. The molecule has 2 heteroatoms. The van der Waals surface area contributed by atoms with Crippen LogP contribution in [0.15, 0.2) is 96.1 Å². The van der Waals surface area contributed by atoms with Crippen molar-refractivity contribution in [2.75, 3.05) is 0 Å². The minimum absolute atomic E-state index is 0. The van der Waals surface area contributed by atoms with Gasteiger partial charge in [-0.1, -0.05) is 108 Å². The maximum atomic E-state index is 3.36. The Balaban J connectivity index is 0.000000177. The van der Waals surface area contributed by atoms with Gasteiger partial charge in [0.05, 0.1) is 0 Å². The second-order valence-corrected chi connectivity index (χ2v) is 10.4. The van der Waals surface area contributed by atoms with Gasteiger partial charge in [0.1, 0.15) is 0 Å². The summed E-state index contributed by atoms with van der Waals surface area (Å²) in [5.41, 5.74) is 13.4. The molecule has 6 rings (SSSR count). The quantitative estimate of drug-likeness (QED) is 0.170. The van der Waals surface area contributed by atoms with Gasteiger partial charge in [-0.25, -0.2) is 0 Å². The molecule has 0 unspecified atom stereocenters. The van der Waals surface area contributed by atoms with Crippen LogP contribution in [0.2, 0.25) is 13.1 Å². The molecule has 0 amide bonds. The Morgan fingerprint density at radius 3 is 1.31 bits per heavy atom. The van der Waals surface area contributed by atoms with E-state index in [1.807, 2.05) is 24.3 Å². The summed E-state index contributed by atoms with van der Waals surface area (Å²) in [7, 11) is 0.750. The molecule has 0 bridgehead atoms. The van der Waals surface area contributed by atoms with Gasteiger partial charge in [0.15, 0.2) is 0 Å². The maximum Gasteiger partial charge on any atom is 2.00 e. The van der Waals surface area contributed by atoms with Gasteiger partial charge in [0, 0.05) is 9.52 Å². The maximum absolute atomic E-state index is 3.36. The Morgan fingerprint density at radius 1 is 0.583 bits per heavy atom. The second kappa shape index (κ2) is 13.7. The molecule has 0 nitrogen and oxygen atoms in total. The van der Waals surface area contributed by atoms with E-state index in [0.29, 0.717) is 0 Å². The summed E-state index contributed by atoms with van der Waals surface area (Å²) < 4.78 is 0. The zero-order chi connectivity index (χ0) is 24.6. The van der Waals surface area contributed by atoms with Gasteiger partial charge in [0.2, 0.25) is 0 Å². The van der Waals surface area contributed by atoms with Crippen LogP contribution in [0, 0.1) is 12.1 Å². The molecule has 0 atom stereocenters. The van der Waals surface area contributed by atoms with Crippen LogP contribution in [-0.4, -0.2) is 9.52 Å². The molecule has 0 aromatic heterocycles. The van der Waals surface area contributed by atoms with Crippen LogP contribution in [0.5, 0.6) is 0 Å². The first-order valence-corrected chi connectivity index (χ1v) is 14.7. The molecule has 0 heterocycles. The van der Waals surface area contributed by atoms with E-state index in [4.69, 9.17) is 0 Å². The Morgan fingerprint density at radius 2 is 0.944 bits per heavy atom. The Kier molecular flexibility index (Phi) is 10.7. The van der Waals surface area contributed by atoms with Crippen LogP contribution in [0.4, 0.5) is 0 Å². The Labute approximate surface area is 239 Å². The van der Waals surface area contributed by atoms with Gasteiger partial charge in [-0.05, 0) is 26.7 Å². The summed E-state index contributed by atoms with van der Waals surface area (Å²) in [6.45, 7) is 8.80. The van der Waals surface area contributed by atoms with Crippen molar-refractivity contribution in [1.29, 1.82) is 0 Å². The zero-order valence-corrected chi connectivity index (χ0v) is 25.3. The Hall–Kier alpha value is -2.54. The summed E-state index contributed by atoms with van der Waals surface area (Å²) in [6.07, 6.45) is 6.75. The van der Waals surface area contributed by atoms with Crippen molar-refractivity contribution in [2.24, 2.45) is 0 Å². The zero-order valence-electron chi connectivity index (χ0n) is 21.7. The van der Waals surface area contributed by atoms with Gasteiger partial charge in [-0.3, -0.25) is 0 Å². The van der Waals surface area contributed by atoms with Crippen molar-refractivity contribution in [3.63, 3.8) is 0 Å². The van der Waals surface area contributed by atoms with Crippen molar-refractivity contribution in [2.45, 2.75) is 39.8 Å². The van der Waals surface area contributed by atoms with Gasteiger partial charge in [-0.2, -0.15) is 0 Å². The molecule has 4 aromatic rings. The fraction of sp³-hybridized carbons (Fsp3) is 0.176. The summed E-state index contributed by atoms with van der Waals surface area (Å²) in [5, 5.41) is 0. The van der Waals surface area contributed by atoms with E-state index in [-0.39, 0.29) is 26.2 Å². The number of allylic oxidation sites excluding steroid dienone is 2. The summed E-state index contributed by atoms with van der Waals surface area (Å²) in [6, 6.07) is 36.1. The molecular formula is C34H33SiZr. The van der Waals surface area contributed by atoms with Crippen molar-refractivity contribution in [3.05, 3.63) is 130 Å². The van der Waals surface area contributed by atoms with E-state index in [0.717, 1.165) is 22.4 Å². The largest absolute Gasteiger partial charge is 2.00 e. The molecule has 1 radical (unpaired) electrons. The number of fused-ring (bicyclic) bond motifs is 2. The third-order valence-corrected chi connectivity index (χ3v) is 6.10. The Bertz CT molecular complexity index is 1230. The van der Waals surface area contributed by atoms with E-state index in [9.17, 15) is 0 Å². The third kappa shape index (κ3) is 6.81. The first kappa shape index (κ1) is 28.0. The number of benzene rings is 4. The molecule has 0 saturated heterocycles. The van der Waals surface area contributed by atoms with Crippen LogP contribution in [0.1, 0.15) is 36.1 Å². The van der Waals surface area contributed by atoms with Gasteiger partial charge >= 0.3 is 26.2 Å². The van der Waals surface area contributed by atoms with Crippen LogP contribution in [0.3, 0.4) is 0 Å². The molecule has 0 aliphatic heterocycles. The molecule has 0 N–H and O–H groups in total. The number of hydrogen-bond acceptors (Lipinski definition) is 0. The minimum atomic E-state index is 0. The van der Waals surface area contributed by atoms with Gasteiger partial charge in [-0.15, -0.1) is 69.8 Å². The normalized spacial score (nSPS) is 12.4. The molecule has 0 saturated carbocycles. The summed E-state index contributed by atoms with van der Waals surface area (Å²) >= 11 is 0. The van der Waals surface area contributed by atoms with Crippen LogP contribution in [-0.2, 0) is 39.0 Å². The topological polar surface area (TPSA) is 0 Å². The van der Waals surface area contributed by atoms with E-state index < -0.39 is 0 Å². The van der Waals surface area contributed by atoms with E-state index in [1.54, 1.807) is 0 Å². The first-order chi connectivity index (χ1) is 17.1. The first-order valence-electron chi connectivity index (χ1n) is 12.4. The number of hydrogen-bond donors (Lipinski definition) is 0. The molecule has 4 aromatic carbocycles. The molecule has 0 fully saturated rings. The van der Waals surface area contributed by atoms with Crippen molar-refractivity contribution >= 4 is 21.7 Å². The average Bonchev–Trinajstić information content (AvgIpc) is 3.46. The molecule has 0 spiro atoms. The standard InChI is InChI=1S/2C16H13.C2H7Si.Zr/c2*1-12-10-14-8-5-9-15(16(14)11-12)13-6-3-2-4-7-13;1-3-2;/h2*2-8,11H,10H2,1H3;3H,1-2H3;/q2*-1;;+2. The molecular weight excluding hydrogens is 528 g/mol. The third-order valence-electron chi connectivity index (χ3n) is 6.10. The van der Waals surface area contributed by atoms with Gasteiger partial charge in [0.25, 0.3) is 0 Å². The van der Waals surface area contributed by atoms with E-state index >= 15 is 0 Å². The fourth-order valence-electron chi connectivity index (χ4n) is 4.63. The molecule has 2 aliphatic carbocycles. The van der Waals surface area contributed by atoms with Crippen molar-refractivity contribution in [3.8, 4) is 22.3 Å². The average molecular weight is 561 g/mol. The smallest absolute Gasteiger partial charge is 0.146 e. The van der Waals surface area contributed by atoms with Crippen molar-refractivity contribution < 1.29 is 26.2 Å². The van der Waals surface area contributed by atoms with Crippen molar-refractivity contribution in [1.82, 2.24) is 0 Å². The van der Waals surface area contributed by atoms with Crippen LogP contribution >= 0.6 is 0 Å². The number of rotatable bonds is 2. The summed E-state index contributed by atoms with van der Waals surface area (Å²) in [4.78, 5) is 0. The monoisotopic (exact) mass is 559 g/mol. The van der Waals surface area contributed by atoms with Gasteiger partial charge < -0.3 is 0 Å².